The molecule has 0 unspecified atom stereocenters. The predicted molar refractivity (Wildman–Crippen MR) is 67.8 cm³/mol. The Morgan fingerprint density at radius 2 is 2.16 bits per heavy atom. The molecule has 1 amide bonds. The number of carbonyl (C=O) groups excluding carboxylic acids is 1. The van der Waals surface area contributed by atoms with Crippen LogP contribution in [0.5, 0.6) is 0 Å². The summed E-state index contributed by atoms with van der Waals surface area (Å²) in [5.41, 5.74) is 3.28. The van der Waals surface area contributed by atoms with Crippen LogP contribution in [0.1, 0.15) is 22.0 Å². The van der Waals surface area contributed by atoms with Crippen LogP contribution in [0.2, 0.25) is 0 Å². The second kappa shape index (κ2) is 5.83. The van der Waals surface area contributed by atoms with E-state index in [-0.39, 0.29) is 11.6 Å². The largest absolute Gasteiger partial charge is 0.345 e. The van der Waals surface area contributed by atoms with Gasteiger partial charge in [0.15, 0.2) is 11.5 Å². The normalized spacial score (nSPS) is 10.0. The molecule has 8 nitrogen and oxygen atoms in total. The first-order valence-corrected chi connectivity index (χ1v) is 5.56. The van der Waals surface area contributed by atoms with Crippen LogP contribution in [0.4, 0.5) is 5.82 Å². The highest BCUT2D eigenvalue weighted by Gasteiger charge is 2.08. The molecule has 0 aromatic carbocycles. The van der Waals surface area contributed by atoms with E-state index in [0.29, 0.717) is 18.2 Å². The fourth-order valence-corrected chi connectivity index (χ4v) is 1.40. The van der Waals surface area contributed by atoms with Crippen molar-refractivity contribution in [1.29, 1.82) is 0 Å². The standard InChI is InChI=1S/C11H13N7O/c1-7-13-5-4-8(15-7)6-14-11(19)9-2-3-10(16-12)18-17-9/h2-5H,6,12H2,1H3,(H,14,19)(H,16,18). The third-order valence-electron chi connectivity index (χ3n) is 2.31. The molecule has 0 saturated carbocycles. The Hall–Kier alpha value is -2.61. The number of anilines is 1. The fourth-order valence-electron chi connectivity index (χ4n) is 1.40. The highest BCUT2D eigenvalue weighted by molar-refractivity contribution is 5.92. The molecule has 0 saturated heterocycles. The minimum Gasteiger partial charge on any atom is -0.345 e. The lowest BCUT2D eigenvalue weighted by atomic mass is 10.3. The number of carbonyl (C=O) groups is 1. The van der Waals surface area contributed by atoms with Crippen molar-refractivity contribution in [3.63, 3.8) is 0 Å². The maximum absolute atomic E-state index is 11.8. The molecule has 19 heavy (non-hydrogen) atoms. The van der Waals surface area contributed by atoms with Gasteiger partial charge in [-0.05, 0) is 25.1 Å². The van der Waals surface area contributed by atoms with E-state index in [9.17, 15) is 4.79 Å². The summed E-state index contributed by atoms with van der Waals surface area (Å²) in [5, 5.41) is 10.2. The molecule has 2 rings (SSSR count). The molecular weight excluding hydrogens is 246 g/mol. The van der Waals surface area contributed by atoms with Gasteiger partial charge >= 0.3 is 0 Å². The van der Waals surface area contributed by atoms with Crippen LogP contribution in [0.3, 0.4) is 0 Å². The van der Waals surface area contributed by atoms with Gasteiger partial charge in [-0.3, -0.25) is 4.79 Å². The Bertz CT molecular complexity index is 570. The number of hydrazine groups is 1. The molecule has 2 aromatic rings. The Balaban J connectivity index is 1.97. The number of aromatic nitrogens is 4. The molecule has 2 heterocycles. The van der Waals surface area contributed by atoms with E-state index >= 15 is 0 Å². The Morgan fingerprint density at radius 3 is 2.79 bits per heavy atom. The zero-order valence-electron chi connectivity index (χ0n) is 10.3. The number of nitrogens with two attached hydrogens (primary N) is 1. The molecule has 0 spiro atoms. The predicted octanol–water partition coefficient (Wildman–Crippen LogP) is -0.209. The molecule has 0 aliphatic rings. The molecule has 0 bridgehead atoms. The zero-order chi connectivity index (χ0) is 13.7. The van der Waals surface area contributed by atoms with E-state index in [1.807, 2.05) is 0 Å². The van der Waals surface area contributed by atoms with Crippen molar-refractivity contribution in [1.82, 2.24) is 25.5 Å². The number of rotatable bonds is 4. The molecule has 2 aromatic heterocycles. The van der Waals surface area contributed by atoms with Crippen molar-refractivity contribution in [3.05, 3.63) is 41.6 Å². The minimum atomic E-state index is -0.327. The Labute approximate surface area is 109 Å². The Morgan fingerprint density at radius 1 is 1.32 bits per heavy atom. The van der Waals surface area contributed by atoms with Gasteiger partial charge in [0.05, 0.1) is 12.2 Å². The maximum Gasteiger partial charge on any atom is 0.272 e. The van der Waals surface area contributed by atoms with E-state index in [1.165, 1.54) is 6.07 Å². The van der Waals surface area contributed by atoms with Crippen molar-refractivity contribution < 1.29 is 4.79 Å². The first-order valence-electron chi connectivity index (χ1n) is 5.56. The number of nitrogens with one attached hydrogen (secondary N) is 2. The molecule has 0 aliphatic heterocycles. The van der Waals surface area contributed by atoms with Crippen molar-refractivity contribution in [2.24, 2.45) is 5.84 Å². The quantitative estimate of drug-likeness (QED) is 0.513. The van der Waals surface area contributed by atoms with Gasteiger partial charge in [0.1, 0.15) is 5.82 Å². The van der Waals surface area contributed by atoms with Crippen molar-refractivity contribution >= 4 is 11.7 Å². The monoisotopic (exact) mass is 259 g/mol. The van der Waals surface area contributed by atoms with E-state index in [2.05, 4.69) is 30.9 Å². The van der Waals surface area contributed by atoms with E-state index in [4.69, 9.17) is 5.84 Å². The summed E-state index contributed by atoms with van der Waals surface area (Å²) in [7, 11) is 0. The molecule has 0 radical (unpaired) electrons. The summed E-state index contributed by atoms with van der Waals surface area (Å²) in [5.74, 6) is 5.88. The average Bonchev–Trinajstić information content (AvgIpc) is 2.45. The lowest BCUT2D eigenvalue weighted by Gasteiger charge is -2.04. The summed E-state index contributed by atoms with van der Waals surface area (Å²) in [6.07, 6.45) is 1.64. The van der Waals surface area contributed by atoms with Crippen LogP contribution in [-0.2, 0) is 6.54 Å². The summed E-state index contributed by atoms with van der Waals surface area (Å²) in [6.45, 7) is 2.09. The van der Waals surface area contributed by atoms with Crippen molar-refractivity contribution in [2.75, 3.05) is 5.43 Å². The third-order valence-corrected chi connectivity index (χ3v) is 2.31. The Kier molecular flexibility index (Phi) is 3.94. The van der Waals surface area contributed by atoms with Crippen molar-refractivity contribution in [2.45, 2.75) is 13.5 Å². The smallest absolute Gasteiger partial charge is 0.272 e. The van der Waals surface area contributed by atoms with Crippen LogP contribution >= 0.6 is 0 Å². The van der Waals surface area contributed by atoms with Crippen LogP contribution in [-0.4, -0.2) is 26.1 Å². The second-order valence-corrected chi connectivity index (χ2v) is 3.73. The summed E-state index contributed by atoms with van der Waals surface area (Å²) >= 11 is 0. The van der Waals surface area contributed by atoms with Gasteiger partial charge in [0.25, 0.3) is 5.91 Å². The highest BCUT2D eigenvalue weighted by atomic mass is 16.1. The van der Waals surface area contributed by atoms with Gasteiger partial charge in [-0.2, -0.15) is 0 Å². The van der Waals surface area contributed by atoms with Crippen molar-refractivity contribution in [3.8, 4) is 0 Å². The average molecular weight is 259 g/mol. The lowest BCUT2D eigenvalue weighted by Crippen LogP contribution is -2.25. The van der Waals surface area contributed by atoms with Crippen LogP contribution in [0, 0.1) is 6.92 Å². The molecule has 98 valence electrons. The third kappa shape index (κ3) is 3.42. The minimum absolute atomic E-state index is 0.213. The molecule has 4 N–H and O–H groups in total. The molecular formula is C11H13N7O. The topological polar surface area (TPSA) is 119 Å². The maximum atomic E-state index is 11.8. The first kappa shape index (κ1) is 12.8. The van der Waals surface area contributed by atoms with Gasteiger partial charge < -0.3 is 10.7 Å². The van der Waals surface area contributed by atoms with Crippen LogP contribution in [0.15, 0.2) is 24.4 Å². The number of nitrogens with zero attached hydrogens (tertiary/aromatic N) is 4. The number of amides is 1. The lowest BCUT2D eigenvalue weighted by molar-refractivity contribution is 0.0944. The SMILES string of the molecule is Cc1nccc(CNC(=O)c2ccc(NN)nn2)n1. The number of nitrogen functional groups attached to an aromatic ring is 1. The van der Waals surface area contributed by atoms with E-state index in [1.54, 1.807) is 25.3 Å². The number of aryl methyl sites for hydroxylation is 1. The summed E-state index contributed by atoms with van der Waals surface area (Å²) in [6, 6.07) is 4.83. The van der Waals surface area contributed by atoms with Gasteiger partial charge in [-0.15, -0.1) is 10.2 Å². The highest BCUT2D eigenvalue weighted by Crippen LogP contribution is 2.00. The van der Waals surface area contributed by atoms with Crippen LogP contribution in [0.25, 0.3) is 0 Å². The zero-order valence-corrected chi connectivity index (χ0v) is 10.3. The molecule has 0 atom stereocenters. The van der Waals surface area contributed by atoms with Gasteiger partial charge in [-0.25, -0.2) is 15.8 Å². The number of hydrogen-bond donors (Lipinski definition) is 3. The molecule has 0 fully saturated rings. The van der Waals surface area contributed by atoms with Gasteiger partial charge in [0, 0.05) is 6.20 Å². The molecule has 8 heteroatoms. The van der Waals surface area contributed by atoms with E-state index in [0.717, 1.165) is 5.69 Å². The van der Waals surface area contributed by atoms with Gasteiger partial charge in [0.2, 0.25) is 0 Å². The summed E-state index contributed by atoms with van der Waals surface area (Å²) in [4.78, 5) is 20.0. The second-order valence-electron chi connectivity index (χ2n) is 3.73. The van der Waals surface area contributed by atoms with Gasteiger partial charge in [-0.1, -0.05) is 0 Å². The first-order chi connectivity index (χ1) is 9.19. The summed E-state index contributed by atoms with van der Waals surface area (Å²) < 4.78 is 0. The fraction of sp³-hybridized carbons (Fsp3) is 0.182. The van der Waals surface area contributed by atoms with Crippen LogP contribution < -0.4 is 16.6 Å². The van der Waals surface area contributed by atoms with E-state index < -0.39 is 0 Å². The number of hydrogen-bond acceptors (Lipinski definition) is 7. The molecule has 0 aliphatic carbocycles.